The Morgan fingerprint density at radius 2 is 2.04 bits per heavy atom. The van der Waals surface area contributed by atoms with Crippen LogP contribution in [0.15, 0.2) is 48.9 Å². The number of aromatic nitrogens is 4. The van der Waals surface area contributed by atoms with E-state index in [4.69, 9.17) is 9.47 Å². The third kappa shape index (κ3) is 3.56. The molecule has 0 fully saturated rings. The first-order valence-corrected chi connectivity index (χ1v) is 8.00. The number of hydrogen-bond acceptors (Lipinski definition) is 6. The van der Waals surface area contributed by atoms with Crippen LogP contribution in [-0.2, 0) is 13.1 Å². The Hall–Kier alpha value is -3.62. The summed E-state index contributed by atoms with van der Waals surface area (Å²) in [7, 11) is 0. The lowest BCUT2D eigenvalue weighted by molar-refractivity contribution is 0.174. The third-order valence-electron chi connectivity index (χ3n) is 3.77. The zero-order valence-corrected chi connectivity index (χ0v) is 13.8. The molecule has 1 aliphatic heterocycles. The number of carbonyl (C=O) groups is 1. The molecule has 0 saturated heterocycles. The first kappa shape index (κ1) is 15.9. The van der Waals surface area contributed by atoms with Crippen LogP contribution in [0.25, 0.3) is 5.69 Å². The fourth-order valence-corrected chi connectivity index (χ4v) is 2.46. The average Bonchev–Trinajstić information content (AvgIpc) is 3.34. The zero-order chi connectivity index (χ0) is 17.8. The predicted octanol–water partition coefficient (Wildman–Crippen LogP) is 1.39. The second kappa shape index (κ2) is 7.09. The molecule has 2 amide bonds. The van der Waals surface area contributed by atoms with E-state index in [1.165, 1.54) is 0 Å². The molecular formula is C17H16N6O3. The standard InChI is InChI=1S/C17H16N6O3/c24-17(19-7-12-3-4-15-16(6-12)26-11-25-15)20-8-13-10-23(22-21-13)14-2-1-5-18-9-14/h1-6,9-10H,7-8,11H2,(H2,19,20,24). The number of urea groups is 1. The Labute approximate surface area is 149 Å². The summed E-state index contributed by atoms with van der Waals surface area (Å²) >= 11 is 0. The lowest BCUT2D eigenvalue weighted by Crippen LogP contribution is -2.34. The maximum Gasteiger partial charge on any atom is 0.315 e. The van der Waals surface area contributed by atoms with Crippen LogP contribution in [0.2, 0.25) is 0 Å². The first-order chi connectivity index (χ1) is 12.8. The van der Waals surface area contributed by atoms with Gasteiger partial charge >= 0.3 is 6.03 Å². The van der Waals surface area contributed by atoms with Gasteiger partial charge in [0.05, 0.1) is 24.6 Å². The maximum absolute atomic E-state index is 12.0. The van der Waals surface area contributed by atoms with E-state index in [1.807, 2.05) is 30.3 Å². The highest BCUT2D eigenvalue weighted by atomic mass is 16.7. The number of amides is 2. The topological polar surface area (TPSA) is 103 Å². The van der Waals surface area contributed by atoms with Crippen LogP contribution in [-0.4, -0.2) is 32.8 Å². The number of benzene rings is 1. The van der Waals surface area contributed by atoms with Crippen LogP contribution in [0.4, 0.5) is 4.79 Å². The molecule has 0 radical (unpaired) electrons. The predicted molar refractivity (Wildman–Crippen MR) is 90.8 cm³/mol. The van der Waals surface area contributed by atoms with Crippen molar-refractivity contribution in [3.63, 3.8) is 0 Å². The largest absolute Gasteiger partial charge is 0.454 e. The van der Waals surface area contributed by atoms with E-state index >= 15 is 0 Å². The molecule has 0 spiro atoms. The summed E-state index contributed by atoms with van der Waals surface area (Å²) in [5.41, 5.74) is 2.37. The number of ether oxygens (including phenoxy) is 2. The van der Waals surface area contributed by atoms with Crippen molar-refractivity contribution in [1.29, 1.82) is 0 Å². The fraction of sp³-hybridized carbons (Fsp3) is 0.176. The number of rotatable bonds is 5. The van der Waals surface area contributed by atoms with Crippen LogP contribution < -0.4 is 20.1 Å². The SMILES string of the molecule is O=C(NCc1ccc2c(c1)OCO2)NCc1cn(-c2cccnc2)nn1. The van der Waals surface area contributed by atoms with E-state index in [2.05, 4.69) is 25.9 Å². The lowest BCUT2D eigenvalue weighted by Gasteiger charge is -2.07. The van der Waals surface area contributed by atoms with Crippen molar-refractivity contribution >= 4 is 6.03 Å². The molecule has 0 bridgehead atoms. The minimum absolute atomic E-state index is 0.229. The number of nitrogens with one attached hydrogen (secondary N) is 2. The highest BCUT2D eigenvalue weighted by Gasteiger charge is 2.13. The summed E-state index contributed by atoms with van der Waals surface area (Å²) in [5.74, 6) is 1.41. The summed E-state index contributed by atoms with van der Waals surface area (Å²) in [5, 5.41) is 13.6. The van der Waals surface area contributed by atoms with Gasteiger partial charge < -0.3 is 20.1 Å². The summed E-state index contributed by atoms with van der Waals surface area (Å²) in [4.78, 5) is 16.0. The molecule has 0 saturated carbocycles. The van der Waals surface area contributed by atoms with Crippen LogP contribution in [0, 0.1) is 0 Å². The van der Waals surface area contributed by atoms with Gasteiger partial charge in [-0.25, -0.2) is 9.48 Å². The normalized spacial score (nSPS) is 12.0. The molecule has 2 aromatic heterocycles. The number of hydrogen-bond donors (Lipinski definition) is 2. The van der Waals surface area contributed by atoms with E-state index in [0.717, 1.165) is 17.0 Å². The van der Waals surface area contributed by atoms with Crippen molar-refractivity contribution in [3.8, 4) is 17.2 Å². The molecule has 4 rings (SSSR count). The monoisotopic (exact) mass is 352 g/mol. The van der Waals surface area contributed by atoms with E-state index < -0.39 is 0 Å². The second-order valence-corrected chi connectivity index (χ2v) is 5.59. The van der Waals surface area contributed by atoms with Crippen LogP contribution in [0.1, 0.15) is 11.3 Å². The van der Waals surface area contributed by atoms with Gasteiger partial charge in [-0.1, -0.05) is 11.3 Å². The van der Waals surface area contributed by atoms with Gasteiger partial charge in [-0.3, -0.25) is 4.98 Å². The van der Waals surface area contributed by atoms with Crippen molar-refractivity contribution in [2.75, 3.05) is 6.79 Å². The van der Waals surface area contributed by atoms with Gasteiger partial charge in [0.1, 0.15) is 5.69 Å². The maximum atomic E-state index is 12.0. The van der Waals surface area contributed by atoms with Crippen molar-refractivity contribution < 1.29 is 14.3 Å². The molecule has 3 heterocycles. The van der Waals surface area contributed by atoms with Gasteiger partial charge in [0, 0.05) is 12.7 Å². The van der Waals surface area contributed by atoms with E-state index in [-0.39, 0.29) is 19.4 Å². The fourth-order valence-electron chi connectivity index (χ4n) is 2.46. The number of carbonyl (C=O) groups excluding carboxylic acids is 1. The molecule has 9 nitrogen and oxygen atoms in total. The molecule has 0 unspecified atom stereocenters. The highest BCUT2D eigenvalue weighted by molar-refractivity contribution is 5.73. The molecule has 0 aliphatic carbocycles. The van der Waals surface area contributed by atoms with Gasteiger partial charge in [0.25, 0.3) is 0 Å². The number of nitrogens with zero attached hydrogens (tertiary/aromatic N) is 4. The van der Waals surface area contributed by atoms with Crippen LogP contribution >= 0.6 is 0 Å². The first-order valence-electron chi connectivity index (χ1n) is 8.00. The zero-order valence-electron chi connectivity index (χ0n) is 13.8. The van der Waals surface area contributed by atoms with Crippen molar-refractivity contribution in [3.05, 3.63) is 60.2 Å². The van der Waals surface area contributed by atoms with E-state index in [0.29, 0.717) is 18.0 Å². The Balaban J connectivity index is 1.27. The molecule has 132 valence electrons. The Morgan fingerprint density at radius 1 is 1.15 bits per heavy atom. The number of fused-ring (bicyclic) bond motifs is 1. The van der Waals surface area contributed by atoms with Crippen LogP contribution in [0.3, 0.4) is 0 Å². The smallest absolute Gasteiger partial charge is 0.315 e. The lowest BCUT2D eigenvalue weighted by atomic mass is 10.2. The van der Waals surface area contributed by atoms with Gasteiger partial charge in [-0.15, -0.1) is 5.10 Å². The molecule has 9 heteroatoms. The summed E-state index contributed by atoms with van der Waals surface area (Å²) < 4.78 is 12.2. The third-order valence-corrected chi connectivity index (χ3v) is 3.77. The van der Waals surface area contributed by atoms with Gasteiger partial charge in [0.15, 0.2) is 11.5 Å². The van der Waals surface area contributed by atoms with Gasteiger partial charge in [-0.05, 0) is 29.8 Å². The summed E-state index contributed by atoms with van der Waals surface area (Å²) in [6, 6.07) is 8.96. The summed E-state index contributed by atoms with van der Waals surface area (Å²) in [6.45, 7) is 0.879. The molecule has 0 atom stereocenters. The Kier molecular flexibility index (Phi) is 4.33. The molecule has 2 N–H and O–H groups in total. The highest BCUT2D eigenvalue weighted by Crippen LogP contribution is 2.32. The quantitative estimate of drug-likeness (QED) is 0.719. The average molecular weight is 352 g/mol. The van der Waals surface area contributed by atoms with Gasteiger partial charge in [0.2, 0.25) is 6.79 Å². The minimum Gasteiger partial charge on any atom is -0.454 e. The molecule has 3 aromatic rings. The molecule has 26 heavy (non-hydrogen) atoms. The number of pyridine rings is 1. The van der Waals surface area contributed by atoms with Crippen LogP contribution in [0.5, 0.6) is 11.5 Å². The molecule has 1 aromatic carbocycles. The molecular weight excluding hydrogens is 336 g/mol. The Bertz CT molecular complexity index is 912. The summed E-state index contributed by atoms with van der Waals surface area (Å²) in [6.07, 6.45) is 5.12. The Morgan fingerprint density at radius 3 is 2.92 bits per heavy atom. The second-order valence-electron chi connectivity index (χ2n) is 5.59. The molecule has 1 aliphatic rings. The van der Waals surface area contributed by atoms with Gasteiger partial charge in [-0.2, -0.15) is 0 Å². The van der Waals surface area contributed by atoms with Crippen molar-refractivity contribution in [2.45, 2.75) is 13.1 Å². The minimum atomic E-state index is -0.293. The van der Waals surface area contributed by atoms with E-state index in [1.54, 1.807) is 23.3 Å². The van der Waals surface area contributed by atoms with Crippen molar-refractivity contribution in [2.24, 2.45) is 0 Å². The van der Waals surface area contributed by atoms with Crippen molar-refractivity contribution in [1.82, 2.24) is 30.6 Å². The van der Waals surface area contributed by atoms with E-state index in [9.17, 15) is 4.79 Å².